The van der Waals surface area contributed by atoms with Gasteiger partial charge in [-0.3, -0.25) is 18.9 Å². The molecular weight excluding hydrogens is 583 g/mol. The van der Waals surface area contributed by atoms with E-state index < -0.39 is 43.9 Å². The van der Waals surface area contributed by atoms with Crippen LogP contribution in [0.25, 0.3) is 0 Å². The van der Waals surface area contributed by atoms with Crippen molar-refractivity contribution in [2.24, 2.45) is 23.5 Å². The molecule has 0 aliphatic carbocycles. The third-order valence-corrected chi connectivity index (χ3v) is 10.1. The number of nitrogens with two attached hydrogens (primary N) is 1. The molecule has 0 spiro atoms. The van der Waals surface area contributed by atoms with E-state index in [1.165, 1.54) is 7.11 Å². The molecule has 2 rings (SSSR count). The van der Waals surface area contributed by atoms with Gasteiger partial charge in [-0.15, -0.1) is 0 Å². The van der Waals surface area contributed by atoms with Gasteiger partial charge in [0.25, 0.3) is 0 Å². The Morgan fingerprint density at radius 2 is 1.77 bits per heavy atom. The van der Waals surface area contributed by atoms with Crippen molar-refractivity contribution in [1.82, 2.24) is 15.1 Å². The zero-order chi connectivity index (χ0) is 33.1. The number of likely N-dealkylation sites (tertiary alicyclic amines) is 1. The van der Waals surface area contributed by atoms with E-state index in [-0.39, 0.29) is 48.6 Å². The van der Waals surface area contributed by atoms with Crippen LogP contribution >= 0.6 is 8.03 Å². The first-order chi connectivity index (χ1) is 20.8. The van der Waals surface area contributed by atoms with E-state index in [9.17, 15) is 23.8 Å². The summed E-state index contributed by atoms with van der Waals surface area (Å²) in [5, 5.41) is 2.75. The van der Waals surface area contributed by atoms with E-state index in [4.69, 9.17) is 15.2 Å². The van der Waals surface area contributed by atoms with Gasteiger partial charge in [0.2, 0.25) is 25.7 Å². The topological polar surface area (TPSA) is 152 Å². The number of carbonyl (C=O) groups is 3. The molecule has 3 amide bonds. The van der Waals surface area contributed by atoms with Crippen molar-refractivity contribution < 1.29 is 33.3 Å². The van der Waals surface area contributed by atoms with Crippen LogP contribution in [0.2, 0.25) is 0 Å². The van der Waals surface area contributed by atoms with Gasteiger partial charge in [-0.2, -0.15) is 0 Å². The Labute approximate surface area is 264 Å². The first-order valence-electron chi connectivity index (χ1n) is 15.7. The Morgan fingerprint density at radius 3 is 2.30 bits per heavy atom. The molecule has 1 aliphatic rings. The Balaban J connectivity index is 2.20. The first-order valence-corrected chi connectivity index (χ1v) is 17.2. The summed E-state index contributed by atoms with van der Waals surface area (Å²) >= 11 is 0. The number of hydrogen-bond acceptors (Lipinski definition) is 7. The minimum absolute atomic E-state index is 0.0343. The lowest BCUT2D eigenvalue weighted by atomic mass is 9.89. The highest BCUT2D eigenvalue weighted by atomic mass is 31.1. The number of ether oxygens (including phenoxy) is 2. The van der Waals surface area contributed by atoms with Crippen LogP contribution in [0.3, 0.4) is 0 Å². The van der Waals surface area contributed by atoms with Crippen molar-refractivity contribution in [1.29, 1.82) is 0 Å². The lowest BCUT2D eigenvalue weighted by molar-refractivity contribution is -0.146. The zero-order valence-electron chi connectivity index (χ0n) is 27.7. The normalized spacial score (nSPS) is 20.7. The van der Waals surface area contributed by atoms with Crippen molar-refractivity contribution in [3.05, 3.63) is 35.9 Å². The second kappa shape index (κ2) is 18.0. The summed E-state index contributed by atoms with van der Waals surface area (Å²) in [5.74, 6) is -2.32. The van der Waals surface area contributed by atoms with Gasteiger partial charge in [0.15, 0.2) is 0 Å². The number of benzene rings is 1. The van der Waals surface area contributed by atoms with E-state index in [0.29, 0.717) is 13.0 Å². The van der Waals surface area contributed by atoms with Crippen molar-refractivity contribution in [3.8, 4) is 0 Å². The predicted octanol–water partition coefficient (Wildman–Crippen LogP) is 3.04. The fourth-order valence-electron chi connectivity index (χ4n) is 6.18. The summed E-state index contributed by atoms with van der Waals surface area (Å²) < 4.78 is 23.9. The fourth-order valence-corrected chi connectivity index (χ4v) is 6.86. The highest BCUT2D eigenvalue weighted by molar-refractivity contribution is 7.38. The Kier molecular flexibility index (Phi) is 15.5. The molecule has 1 unspecified atom stereocenters. The largest absolute Gasteiger partial charge is 0.379 e. The molecule has 0 saturated carbocycles. The number of nitrogens with one attached hydrogen (secondary N) is 1. The molecule has 12 heteroatoms. The number of nitrogens with zero attached hydrogens (tertiary/aromatic N) is 2. The molecule has 1 heterocycles. The quantitative estimate of drug-likeness (QED) is 0.220. The van der Waals surface area contributed by atoms with Crippen LogP contribution in [0, 0.1) is 17.8 Å². The lowest BCUT2D eigenvalue weighted by Crippen LogP contribution is -2.56. The summed E-state index contributed by atoms with van der Waals surface area (Å²) in [4.78, 5) is 53.8. The molecule has 44 heavy (non-hydrogen) atoms. The van der Waals surface area contributed by atoms with Crippen molar-refractivity contribution in [2.75, 3.05) is 27.8 Å². The SMILES string of the molecule is CC[C@H](C)[C@@H]([C@@H](CC(=O)N1CCC[C@H]1[C@H](OC)[C@@H](C)C(=O)N[C@@H](Cc1ccccc1)[PH](=O)O)OC)N(C)C(=O)[C@@H](N)C(C)C. The molecule has 0 aromatic heterocycles. The van der Waals surface area contributed by atoms with Crippen LogP contribution in [0.15, 0.2) is 30.3 Å². The number of amides is 3. The monoisotopic (exact) mass is 638 g/mol. The zero-order valence-corrected chi connectivity index (χ0v) is 28.7. The van der Waals surface area contributed by atoms with Crippen LogP contribution < -0.4 is 11.1 Å². The van der Waals surface area contributed by atoms with E-state index >= 15 is 0 Å². The highest BCUT2D eigenvalue weighted by Crippen LogP contribution is 2.30. The molecule has 1 aromatic rings. The molecule has 0 radical (unpaired) electrons. The van der Waals surface area contributed by atoms with Crippen molar-refractivity contribution >= 4 is 25.7 Å². The van der Waals surface area contributed by atoms with Gasteiger partial charge in [0, 0.05) is 34.2 Å². The van der Waals surface area contributed by atoms with E-state index in [0.717, 1.165) is 18.4 Å². The number of methoxy groups -OCH3 is 2. The van der Waals surface area contributed by atoms with Crippen LogP contribution in [-0.4, -0.2) is 96.3 Å². The van der Waals surface area contributed by atoms with E-state index in [2.05, 4.69) is 5.32 Å². The molecule has 4 N–H and O–H groups in total. The summed E-state index contributed by atoms with van der Waals surface area (Å²) in [5.41, 5.74) is 7.05. The second-order valence-electron chi connectivity index (χ2n) is 12.4. The number of likely N-dealkylation sites (N-methyl/N-ethyl adjacent to an activating group) is 1. The molecule has 250 valence electrons. The first kappa shape index (κ1) is 37.9. The van der Waals surface area contributed by atoms with Crippen LogP contribution in [0.5, 0.6) is 0 Å². The fraction of sp³-hybridized carbons (Fsp3) is 0.719. The molecule has 0 bridgehead atoms. The second-order valence-corrected chi connectivity index (χ2v) is 13.8. The van der Waals surface area contributed by atoms with Gasteiger partial charge in [-0.1, -0.05) is 71.4 Å². The highest BCUT2D eigenvalue weighted by Gasteiger charge is 2.42. The molecule has 9 atom stereocenters. The molecular formula is C32H55N4O7P. The maximum atomic E-state index is 13.8. The molecule has 1 fully saturated rings. The van der Waals surface area contributed by atoms with Crippen molar-refractivity contribution in [2.45, 2.75) is 103 Å². The third-order valence-electron chi connectivity index (χ3n) is 9.16. The summed E-state index contributed by atoms with van der Waals surface area (Å²) in [6.07, 6.45) is 1.28. The summed E-state index contributed by atoms with van der Waals surface area (Å²) in [6.45, 7) is 10.1. The van der Waals surface area contributed by atoms with Crippen LogP contribution in [0.4, 0.5) is 0 Å². The molecule has 1 saturated heterocycles. The maximum absolute atomic E-state index is 13.8. The average Bonchev–Trinajstić information content (AvgIpc) is 3.49. The predicted molar refractivity (Wildman–Crippen MR) is 172 cm³/mol. The summed E-state index contributed by atoms with van der Waals surface area (Å²) in [6, 6.07) is 7.85. The molecule has 11 nitrogen and oxygen atoms in total. The Morgan fingerprint density at radius 1 is 1.14 bits per heavy atom. The third kappa shape index (κ3) is 9.85. The van der Waals surface area contributed by atoms with Gasteiger partial charge in [0.05, 0.1) is 42.7 Å². The lowest BCUT2D eigenvalue weighted by Gasteiger charge is -2.40. The Hall–Kier alpha value is -2.30. The number of carbonyl (C=O) groups excluding carboxylic acids is 3. The average molecular weight is 639 g/mol. The van der Waals surface area contributed by atoms with Gasteiger partial charge in [-0.05, 0) is 30.2 Å². The minimum Gasteiger partial charge on any atom is -0.379 e. The molecule has 1 aromatic carbocycles. The number of hydrogen-bond donors (Lipinski definition) is 3. The van der Waals surface area contributed by atoms with Gasteiger partial charge >= 0.3 is 0 Å². The molecule has 1 aliphatic heterocycles. The number of rotatable bonds is 17. The van der Waals surface area contributed by atoms with Gasteiger partial charge < -0.3 is 35.2 Å². The summed E-state index contributed by atoms with van der Waals surface area (Å²) in [7, 11) is 1.73. The van der Waals surface area contributed by atoms with Gasteiger partial charge in [-0.25, -0.2) is 0 Å². The minimum atomic E-state index is -3.07. The maximum Gasteiger partial charge on any atom is 0.239 e. The standard InChI is InChI=1S/C32H55N4O7P/c1-9-21(4)29(35(6)32(39)28(33)20(2)3)25(42-7)19-27(37)36-17-13-16-24(36)30(43-8)22(5)31(38)34-26(44(40)41)18-23-14-11-10-12-15-23/h10-12,14-15,20-22,24-26,28-30,44H,9,13,16-19,33H2,1-8H3,(H,34,38)(H,40,41)/t21-,22+,24-,25+,26+,28-,29-,30+/m0/s1. The van der Waals surface area contributed by atoms with E-state index in [1.807, 2.05) is 58.0 Å². The van der Waals surface area contributed by atoms with Crippen molar-refractivity contribution in [3.63, 3.8) is 0 Å². The Bertz CT molecular complexity index is 1090. The van der Waals surface area contributed by atoms with Gasteiger partial charge in [0.1, 0.15) is 5.78 Å². The smallest absolute Gasteiger partial charge is 0.239 e. The van der Waals surface area contributed by atoms with Crippen LogP contribution in [0.1, 0.15) is 65.9 Å². The van der Waals surface area contributed by atoms with Crippen LogP contribution in [-0.2, 0) is 34.8 Å². The van der Waals surface area contributed by atoms with E-state index in [1.54, 1.807) is 30.9 Å².